The minimum Gasteiger partial charge on any atom is -0.285 e. The second kappa shape index (κ2) is 3.88. The smallest absolute Gasteiger partial charge is 0.271 e. The molecule has 84 valence electrons. The van der Waals surface area contributed by atoms with E-state index < -0.39 is 15.4 Å². The highest BCUT2D eigenvalue weighted by molar-refractivity contribution is 7.86. The maximum absolute atomic E-state index is 11.1. The highest BCUT2D eigenvalue weighted by Crippen LogP contribution is 2.28. The first-order chi connectivity index (χ1) is 7.50. The summed E-state index contributed by atoms with van der Waals surface area (Å²) in [5.74, 6) is 0. The summed E-state index contributed by atoms with van der Waals surface area (Å²) in [4.78, 5) is 0. The summed E-state index contributed by atoms with van der Waals surface area (Å²) in [6, 6.07) is 12.9. The Morgan fingerprint density at radius 1 is 1.06 bits per heavy atom. The molecule has 0 fully saturated rings. The summed E-state index contributed by atoms with van der Waals surface area (Å²) in [5.41, 5.74) is 0.626. The van der Waals surface area contributed by atoms with E-state index in [-0.39, 0.29) is 0 Å². The molecule has 0 heterocycles. The third kappa shape index (κ3) is 1.94. The second-order valence-corrected chi connectivity index (χ2v) is 5.46. The molecule has 0 unspecified atom stereocenters. The van der Waals surface area contributed by atoms with Crippen LogP contribution in [0.2, 0.25) is 0 Å². The quantitative estimate of drug-likeness (QED) is 0.816. The maximum atomic E-state index is 11.1. The highest BCUT2D eigenvalue weighted by Gasteiger charge is 2.20. The van der Waals surface area contributed by atoms with E-state index in [4.69, 9.17) is 4.55 Å². The average Bonchev–Trinajstić information content (AvgIpc) is 2.26. The second-order valence-electron chi connectivity index (χ2n) is 3.73. The zero-order valence-electron chi connectivity index (χ0n) is 8.79. The van der Waals surface area contributed by atoms with Gasteiger partial charge in [0.15, 0.2) is 0 Å². The molecule has 2 aromatic carbocycles. The zero-order valence-corrected chi connectivity index (χ0v) is 9.61. The number of benzene rings is 2. The summed E-state index contributed by atoms with van der Waals surface area (Å²) in [5, 5.41) is 0.921. The normalized spacial score (nSPS) is 13.9. The van der Waals surface area contributed by atoms with Gasteiger partial charge in [-0.25, -0.2) is 0 Å². The van der Waals surface area contributed by atoms with Crippen molar-refractivity contribution in [3.8, 4) is 0 Å². The van der Waals surface area contributed by atoms with Gasteiger partial charge in [-0.3, -0.25) is 4.55 Å². The van der Waals surface area contributed by atoms with Gasteiger partial charge in [-0.1, -0.05) is 42.5 Å². The van der Waals surface area contributed by atoms with Gasteiger partial charge < -0.3 is 0 Å². The van der Waals surface area contributed by atoms with Crippen molar-refractivity contribution in [1.29, 1.82) is 0 Å². The van der Waals surface area contributed by atoms with Crippen LogP contribution < -0.4 is 0 Å². The topological polar surface area (TPSA) is 54.4 Å². The standard InChI is InChI=1S/C12H12O3S/c1-9(16(13,14)15)11-8-4-6-10-5-2-3-7-12(10)11/h2-9H,1H3,(H,13,14,15)/t9-/m1/s1. The van der Waals surface area contributed by atoms with E-state index in [1.165, 1.54) is 6.92 Å². The third-order valence-electron chi connectivity index (χ3n) is 2.71. The van der Waals surface area contributed by atoms with E-state index in [1.807, 2.05) is 30.3 Å². The van der Waals surface area contributed by atoms with Crippen LogP contribution in [0.15, 0.2) is 42.5 Å². The molecule has 16 heavy (non-hydrogen) atoms. The monoisotopic (exact) mass is 236 g/mol. The van der Waals surface area contributed by atoms with Gasteiger partial charge in [0, 0.05) is 0 Å². The third-order valence-corrected chi connectivity index (χ3v) is 3.86. The lowest BCUT2D eigenvalue weighted by molar-refractivity contribution is 0.472. The molecule has 0 aromatic heterocycles. The molecule has 3 nitrogen and oxygen atoms in total. The first-order valence-electron chi connectivity index (χ1n) is 4.94. The summed E-state index contributed by atoms with van der Waals surface area (Å²) in [7, 11) is -4.05. The van der Waals surface area contributed by atoms with Crippen molar-refractivity contribution in [2.45, 2.75) is 12.2 Å². The van der Waals surface area contributed by atoms with Crippen molar-refractivity contribution in [2.24, 2.45) is 0 Å². The van der Waals surface area contributed by atoms with Crippen LogP contribution in [0.3, 0.4) is 0 Å². The molecular weight excluding hydrogens is 224 g/mol. The fourth-order valence-electron chi connectivity index (χ4n) is 1.77. The van der Waals surface area contributed by atoms with Crippen molar-refractivity contribution in [3.05, 3.63) is 48.0 Å². The van der Waals surface area contributed by atoms with Gasteiger partial charge in [0.25, 0.3) is 10.1 Å². The molecular formula is C12H12O3S. The van der Waals surface area contributed by atoms with Gasteiger partial charge in [0.1, 0.15) is 5.25 Å². The van der Waals surface area contributed by atoms with Crippen LogP contribution in [0.4, 0.5) is 0 Å². The van der Waals surface area contributed by atoms with Crippen molar-refractivity contribution in [3.63, 3.8) is 0 Å². The summed E-state index contributed by atoms with van der Waals surface area (Å²) < 4.78 is 31.3. The Kier molecular flexibility index (Phi) is 2.69. The van der Waals surface area contributed by atoms with E-state index in [0.717, 1.165) is 10.8 Å². The molecule has 0 spiro atoms. The number of hydrogen-bond donors (Lipinski definition) is 1. The molecule has 4 heteroatoms. The van der Waals surface area contributed by atoms with Crippen LogP contribution in [0.5, 0.6) is 0 Å². The number of fused-ring (bicyclic) bond motifs is 1. The molecule has 0 saturated carbocycles. The highest BCUT2D eigenvalue weighted by atomic mass is 32.2. The van der Waals surface area contributed by atoms with Gasteiger partial charge in [-0.2, -0.15) is 8.42 Å². The molecule has 1 atom stereocenters. The van der Waals surface area contributed by atoms with Gasteiger partial charge in [0.2, 0.25) is 0 Å². The van der Waals surface area contributed by atoms with Crippen molar-refractivity contribution in [2.75, 3.05) is 0 Å². The van der Waals surface area contributed by atoms with Crippen molar-refractivity contribution in [1.82, 2.24) is 0 Å². The Hall–Kier alpha value is -1.39. The molecule has 2 rings (SSSR count). The van der Waals surface area contributed by atoms with Crippen LogP contribution in [0.1, 0.15) is 17.7 Å². The fourth-order valence-corrected chi connectivity index (χ4v) is 2.29. The van der Waals surface area contributed by atoms with E-state index >= 15 is 0 Å². The average molecular weight is 236 g/mol. The summed E-state index contributed by atoms with van der Waals surface area (Å²) >= 11 is 0. The number of hydrogen-bond acceptors (Lipinski definition) is 2. The Balaban J connectivity index is 2.70. The predicted octanol–water partition coefficient (Wildman–Crippen LogP) is 2.79. The van der Waals surface area contributed by atoms with Crippen LogP contribution in [-0.4, -0.2) is 13.0 Å². The lowest BCUT2D eigenvalue weighted by atomic mass is 10.0. The zero-order chi connectivity index (χ0) is 11.8. The first-order valence-corrected chi connectivity index (χ1v) is 6.44. The lowest BCUT2D eigenvalue weighted by Crippen LogP contribution is -2.08. The van der Waals surface area contributed by atoms with E-state index in [1.54, 1.807) is 12.1 Å². The fraction of sp³-hybridized carbons (Fsp3) is 0.167. The Morgan fingerprint density at radius 2 is 1.69 bits per heavy atom. The molecule has 0 amide bonds. The maximum Gasteiger partial charge on any atom is 0.271 e. The molecule has 2 aromatic rings. The van der Waals surface area contributed by atoms with Crippen LogP contribution in [0, 0.1) is 0 Å². The van der Waals surface area contributed by atoms with Gasteiger partial charge in [0.05, 0.1) is 0 Å². The molecule has 0 radical (unpaired) electrons. The van der Waals surface area contributed by atoms with E-state index in [2.05, 4.69) is 0 Å². The Labute approximate surface area is 94.5 Å². The van der Waals surface area contributed by atoms with Gasteiger partial charge in [-0.05, 0) is 23.3 Å². The molecule has 0 aliphatic carbocycles. The molecule has 1 N–H and O–H groups in total. The molecule has 0 bridgehead atoms. The SMILES string of the molecule is C[C@H](c1cccc2ccccc12)S(=O)(=O)O. The molecule has 0 aliphatic rings. The van der Waals surface area contributed by atoms with Crippen LogP contribution in [-0.2, 0) is 10.1 Å². The van der Waals surface area contributed by atoms with Gasteiger partial charge >= 0.3 is 0 Å². The van der Waals surface area contributed by atoms with E-state index in [0.29, 0.717) is 5.56 Å². The molecule has 0 saturated heterocycles. The minimum absolute atomic E-state index is 0.626. The summed E-state index contributed by atoms with van der Waals surface area (Å²) in [6.45, 7) is 1.48. The van der Waals surface area contributed by atoms with E-state index in [9.17, 15) is 8.42 Å². The number of rotatable bonds is 2. The van der Waals surface area contributed by atoms with Crippen molar-refractivity contribution < 1.29 is 13.0 Å². The van der Waals surface area contributed by atoms with Crippen LogP contribution in [0.25, 0.3) is 10.8 Å². The molecule has 0 aliphatic heterocycles. The summed E-state index contributed by atoms with van der Waals surface area (Å²) in [6.07, 6.45) is 0. The van der Waals surface area contributed by atoms with Crippen LogP contribution >= 0.6 is 0 Å². The Bertz CT molecular complexity index is 612. The Morgan fingerprint density at radius 3 is 2.38 bits per heavy atom. The minimum atomic E-state index is -4.05. The predicted molar refractivity (Wildman–Crippen MR) is 63.9 cm³/mol. The van der Waals surface area contributed by atoms with Crippen molar-refractivity contribution >= 4 is 20.9 Å². The van der Waals surface area contributed by atoms with Gasteiger partial charge in [-0.15, -0.1) is 0 Å². The first kappa shape index (κ1) is 11.1. The largest absolute Gasteiger partial charge is 0.285 e. The lowest BCUT2D eigenvalue weighted by Gasteiger charge is -2.11.